The lowest BCUT2D eigenvalue weighted by atomic mass is 10.0. The van der Waals surface area contributed by atoms with Gasteiger partial charge in [-0.05, 0) is 55.3 Å². The Hall–Kier alpha value is -4.03. The summed E-state index contributed by atoms with van der Waals surface area (Å²) in [7, 11) is 0. The summed E-state index contributed by atoms with van der Waals surface area (Å²) in [5.74, 6) is 0.594. The van der Waals surface area contributed by atoms with Crippen LogP contribution in [0.15, 0.2) is 84.2 Å². The summed E-state index contributed by atoms with van der Waals surface area (Å²) in [5.41, 5.74) is 6.13. The number of rotatable bonds is 7. The zero-order valence-corrected chi connectivity index (χ0v) is 20.4. The fraction of sp³-hybridized carbons (Fsp3) is 0.138. The highest BCUT2D eigenvalue weighted by Crippen LogP contribution is 2.29. The van der Waals surface area contributed by atoms with Gasteiger partial charge in [0.25, 0.3) is 5.91 Å². The van der Waals surface area contributed by atoms with E-state index in [2.05, 4.69) is 41.5 Å². The van der Waals surface area contributed by atoms with Crippen LogP contribution in [-0.4, -0.2) is 22.5 Å². The van der Waals surface area contributed by atoms with Gasteiger partial charge in [0.1, 0.15) is 5.75 Å². The molecule has 0 aliphatic carbocycles. The van der Waals surface area contributed by atoms with Crippen molar-refractivity contribution in [3.8, 4) is 28.3 Å². The number of hydrogen-bond acceptors (Lipinski definition) is 5. The predicted molar refractivity (Wildman–Crippen MR) is 143 cm³/mol. The monoisotopic (exact) mass is 479 g/mol. The summed E-state index contributed by atoms with van der Waals surface area (Å²) in [4.78, 5) is 22.8. The molecule has 6 heteroatoms. The van der Waals surface area contributed by atoms with Crippen LogP contribution in [0, 0.1) is 0 Å². The van der Waals surface area contributed by atoms with Gasteiger partial charge in [0.05, 0.1) is 29.1 Å². The number of benzene rings is 3. The number of nitrogens with zero attached hydrogens (tertiary/aromatic N) is 2. The maximum atomic E-state index is 13.4. The normalized spacial score (nSPS) is 10.9. The Morgan fingerprint density at radius 2 is 1.60 bits per heavy atom. The average molecular weight is 480 g/mol. The molecular weight excluding hydrogens is 454 g/mol. The minimum Gasteiger partial charge on any atom is -0.494 e. The Morgan fingerprint density at radius 3 is 2.34 bits per heavy atom. The van der Waals surface area contributed by atoms with E-state index < -0.39 is 0 Å². The number of fused-ring (bicyclic) bond motifs is 1. The molecule has 35 heavy (non-hydrogen) atoms. The number of aromatic nitrogens is 2. The van der Waals surface area contributed by atoms with E-state index in [0.717, 1.165) is 45.6 Å². The number of hydrogen-bond donors (Lipinski definition) is 1. The lowest BCUT2D eigenvalue weighted by Crippen LogP contribution is -2.13. The number of carbonyl (C=O) groups is 1. The summed E-state index contributed by atoms with van der Waals surface area (Å²) in [5, 5.41) is 6.31. The molecular formula is C29H25N3O2S. The molecule has 174 valence electrons. The van der Waals surface area contributed by atoms with Crippen molar-refractivity contribution in [2.75, 3.05) is 11.9 Å². The van der Waals surface area contributed by atoms with Crippen LogP contribution in [-0.2, 0) is 6.42 Å². The lowest BCUT2D eigenvalue weighted by Gasteiger charge is -2.10. The number of anilines is 1. The predicted octanol–water partition coefficient (Wildman–Crippen LogP) is 7.24. The van der Waals surface area contributed by atoms with Gasteiger partial charge in [0.2, 0.25) is 0 Å². The molecule has 0 atom stereocenters. The van der Waals surface area contributed by atoms with E-state index in [-0.39, 0.29) is 5.91 Å². The van der Waals surface area contributed by atoms with Crippen LogP contribution >= 0.6 is 11.3 Å². The van der Waals surface area contributed by atoms with Gasteiger partial charge in [-0.2, -0.15) is 0 Å². The van der Waals surface area contributed by atoms with Crippen LogP contribution in [0.25, 0.3) is 33.4 Å². The third-order valence-electron chi connectivity index (χ3n) is 5.80. The van der Waals surface area contributed by atoms with Crippen LogP contribution in [0.5, 0.6) is 5.75 Å². The molecule has 0 aliphatic heterocycles. The maximum absolute atomic E-state index is 13.4. The summed E-state index contributed by atoms with van der Waals surface area (Å²) in [6.45, 7) is 4.70. The highest BCUT2D eigenvalue weighted by atomic mass is 32.1. The highest BCUT2D eigenvalue weighted by Gasteiger charge is 2.16. The molecule has 2 aromatic heterocycles. The number of para-hydroxylation sites is 1. The first-order chi connectivity index (χ1) is 17.1. The van der Waals surface area contributed by atoms with E-state index in [1.807, 2.05) is 66.9 Å². The molecule has 1 N–H and O–H groups in total. The zero-order chi connectivity index (χ0) is 24.2. The zero-order valence-electron chi connectivity index (χ0n) is 19.6. The quantitative estimate of drug-likeness (QED) is 0.267. The second-order valence-corrected chi connectivity index (χ2v) is 8.93. The minimum atomic E-state index is -0.210. The Labute approximate surface area is 208 Å². The number of ether oxygens (including phenoxy) is 1. The number of aryl methyl sites for hydroxylation is 1. The first kappa shape index (κ1) is 22.7. The number of carbonyl (C=O) groups excluding carboxylic acids is 1. The van der Waals surface area contributed by atoms with Crippen LogP contribution in [0.3, 0.4) is 0 Å². The van der Waals surface area contributed by atoms with E-state index in [1.54, 1.807) is 0 Å². The Kier molecular flexibility index (Phi) is 6.55. The van der Waals surface area contributed by atoms with Crippen molar-refractivity contribution in [3.05, 3.63) is 95.4 Å². The van der Waals surface area contributed by atoms with Crippen molar-refractivity contribution in [1.82, 2.24) is 9.97 Å². The fourth-order valence-corrected chi connectivity index (χ4v) is 4.65. The van der Waals surface area contributed by atoms with E-state index in [9.17, 15) is 4.79 Å². The summed E-state index contributed by atoms with van der Waals surface area (Å²) in [6, 6.07) is 25.6. The van der Waals surface area contributed by atoms with Crippen molar-refractivity contribution in [2.24, 2.45) is 0 Å². The average Bonchev–Trinajstić information content (AvgIpc) is 3.37. The molecule has 0 fully saturated rings. The van der Waals surface area contributed by atoms with Crippen molar-refractivity contribution < 1.29 is 9.53 Å². The highest BCUT2D eigenvalue weighted by molar-refractivity contribution is 7.14. The molecule has 2 heterocycles. The van der Waals surface area contributed by atoms with E-state index >= 15 is 0 Å². The third kappa shape index (κ3) is 4.93. The molecule has 5 nitrogen and oxygen atoms in total. The molecule has 0 unspecified atom stereocenters. The molecule has 0 spiro atoms. The Morgan fingerprint density at radius 1 is 0.886 bits per heavy atom. The first-order valence-corrected chi connectivity index (χ1v) is 12.5. The summed E-state index contributed by atoms with van der Waals surface area (Å²) >= 11 is 1.42. The van der Waals surface area contributed by atoms with Gasteiger partial charge in [-0.15, -0.1) is 11.3 Å². The van der Waals surface area contributed by atoms with Crippen LogP contribution < -0.4 is 10.1 Å². The second kappa shape index (κ2) is 10.1. The van der Waals surface area contributed by atoms with Gasteiger partial charge in [0, 0.05) is 21.9 Å². The second-order valence-electron chi connectivity index (χ2n) is 8.07. The Balaban J connectivity index is 1.44. The molecule has 0 saturated heterocycles. The standard InChI is InChI=1S/C29H25N3O2S/c1-3-19-9-11-21(12-10-19)27-18-35-29(31-27)32-28(33)24-17-26(30-25-8-6-5-7-23(24)25)20-13-15-22(16-14-20)34-4-2/h5-18H,3-4H2,1-2H3,(H,31,32,33). The topological polar surface area (TPSA) is 64.1 Å². The van der Waals surface area contributed by atoms with E-state index in [0.29, 0.717) is 17.3 Å². The van der Waals surface area contributed by atoms with Crippen molar-refractivity contribution in [2.45, 2.75) is 20.3 Å². The molecule has 5 rings (SSSR count). The summed E-state index contributed by atoms with van der Waals surface area (Å²) < 4.78 is 5.55. The molecule has 0 radical (unpaired) electrons. The van der Waals surface area contributed by atoms with Crippen molar-refractivity contribution in [1.29, 1.82) is 0 Å². The van der Waals surface area contributed by atoms with Gasteiger partial charge in [-0.1, -0.05) is 49.4 Å². The molecule has 0 bridgehead atoms. The van der Waals surface area contributed by atoms with Gasteiger partial charge >= 0.3 is 0 Å². The summed E-state index contributed by atoms with van der Waals surface area (Å²) in [6.07, 6.45) is 0.997. The molecule has 0 saturated carbocycles. The van der Waals surface area contributed by atoms with Crippen LogP contribution in [0.1, 0.15) is 29.8 Å². The smallest absolute Gasteiger partial charge is 0.258 e. The molecule has 0 aliphatic rings. The van der Waals surface area contributed by atoms with Gasteiger partial charge in [-0.25, -0.2) is 9.97 Å². The molecule has 3 aromatic carbocycles. The Bertz CT molecular complexity index is 1470. The van der Waals surface area contributed by atoms with E-state index in [1.165, 1.54) is 16.9 Å². The van der Waals surface area contributed by atoms with Crippen LogP contribution in [0.4, 0.5) is 5.13 Å². The number of nitrogens with one attached hydrogen (secondary N) is 1. The van der Waals surface area contributed by atoms with E-state index in [4.69, 9.17) is 9.72 Å². The maximum Gasteiger partial charge on any atom is 0.258 e. The van der Waals surface area contributed by atoms with Crippen molar-refractivity contribution in [3.63, 3.8) is 0 Å². The van der Waals surface area contributed by atoms with Gasteiger partial charge in [-0.3, -0.25) is 10.1 Å². The lowest BCUT2D eigenvalue weighted by molar-refractivity contribution is 0.102. The minimum absolute atomic E-state index is 0.210. The SMILES string of the molecule is CCOc1ccc(-c2cc(C(=O)Nc3nc(-c4ccc(CC)cc4)cs3)c3ccccc3n2)cc1. The van der Waals surface area contributed by atoms with Crippen LogP contribution in [0.2, 0.25) is 0 Å². The fourth-order valence-electron chi connectivity index (χ4n) is 3.94. The third-order valence-corrected chi connectivity index (χ3v) is 6.56. The number of amides is 1. The largest absolute Gasteiger partial charge is 0.494 e. The first-order valence-electron chi connectivity index (χ1n) is 11.6. The number of pyridine rings is 1. The van der Waals surface area contributed by atoms with Gasteiger partial charge in [0.15, 0.2) is 5.13 Å². The molecule has 5 aromatic rings. The van der Waals surface area contributed by atoms with Gasteiger partial charge < -0.3 is 4.74 Å². The molecule has 1 amide bonds. The number of thiazole rings is 1. The van der Waals surface area contributed by atoms with Crippen molar-refractivity contribution >= 4 is 33.3 Å².